The Balaban J connectivity index is 1.62. The Kier molecular flexibility index (Phi) is 6.45. The zero-order chi connectivity index (χ0) is 18.4. The number of rotatable bonds is 7. The molecule has 1 amide bonds. The fourth-order valence-corrected chi connectivity index (χ4v) is 4.01. The lowest BCUT2D eigenvalue weighted by Gasteiger charge is -2.13. The smallest absolute Gasteiger partial charge is 0.271 e. The number of nitrogens with zero attached hydrogens (tertiary/aromatic N) is 1. The van der Waals surface area contributed by atoms with Crippen LogP contribution >= 0.6 is 11.3 Å². The first kappa shape index (κ1) is 18.6. The second-order valence-electron chi connectivity index (χ2n) is 6.71. The van der Waals surface area contributed by atoms with Crippen LogP contribution in [0.3, 0.4) is 0 Å². The Labute approximate surface area is 159 Å². The van der Waals surface area contributed by atoms with Gasteiger partial charge >= 0.3 is 0 Å². The fourth-order valence-electron chi connectivity index (χ4n) is 3.13. The molecule has 4 nitrogen and oxygen atoms in total. The lowest BCUT2D eigenvalue weighted by atomic mass is 10.2. The molecule has 1 N–H and O–H groups in total. The van der Waals surface area contributed by atoms with E-state index in [2.05, 4.69) is 36.5 Å². The van der Waals surface area contributed by atoms with Crippen LogP contribution in [0.4, 0.5) is 0 Å². The van der Waals surface area contributed by atoms with E-state index in [9.17, 15) is 4.79 Å². The van der Waals surface area contributed by atoms with Gasteiger partial charge in [-0.2, -0.15) is 5.10 Å². The summed E-state index contributed by atoms with van der Waals surface area (Å²) in [6, 6.07) is 11.5. The number of thiophene rings is 1. The number of carbonyl (C=O) groups is 1. The predicted molar refractivity (Wildman–Crippen MR) is 107 cm³/mol. The highest BCUT2D eigenvalue weighted by Gasteiger charge is 2.16. The average Bonchev–Trinajstić information content (AvgIpc) is 3.31. The normalized spacial score (nSPS) is 15.2. The van der Waals surface area contributed by atoms with E-state index in [-0.39, 0.29) is 5.91 Å². The van der Waals surface area contributed by atoms with E-state index in [1.807, 2.05) is 12.1 Å². The summed E-state index contributed by atoms with van der Waals surface area (Å²) < 4.78 is 5.94. The third-order valence-corrected chi connectivity index (χ3v) is 5.58. The van der Waals surface area contributed by atoms with Gasteiger partial charge in [0, 0.05) is 10.4 Å². The maximum atomic E-state index is 12.4. The molecule has 1 fully saturated rings. The number of benzene rings is 1. The molecule has 138 valence electrons. The molecule has 1 aromatic heterocycles. The van der Waals surface area contributed by atoms with Crippen molar-refractivity contribution in [3.63, 3.8) is 0 Å². The Morgan fingerprint density at radius 2 is 1.92 bits per heavy atom. The number of amides is 1. The van der Waals surface area contributed by atoms with Crippen LogP contribution in [-0.4, -0.2) is 17.7 Å². The molecular formula is C21H26N2O2S. The summed E-state index contributed by atoms with van der Waals surface area (Å²) >= 11 is 1.70. The number of hydrazone groups is 1. The lowest BCUT2D eigenvalue weighted by Crippen LogP contribution is -2.20. The number of nitrogens with one attached hydrogen (secondary N) is 1. The Morgan fingerprint density at radius 1 is 1.19 bits per heavy atom. The standard InChI is InChI=1S/C21H26N2O2S/c1-3-6-19(20-14-9-15(2)26-20)22-23-21(24)16-10-12-18(13-11-16)25-17-7-4-5-8-17/h9-14,17H,3-8H2,1-2H3,(H,23,24). The minimum atomic E-state index is -0.195. The third-order valence-electron chi connectivity index (χ3n) is 4.53. The first-order valence-corrected chi connectivity index (χ1v) is 10.2. The van der Waals surface area contributed by atoms with Crippen LogP contribution in [0.25, 0.3) is 0 Å². The van der Waals surface area contributed by atoms with E-state index in [0.29, 0.717) is 11.7 Å². The molecule has 0 bridgehead atoms. The molecule has 0 radical (unpaired) electrons. The first-order chi connectivity index (χ1) is 12.7. The van der Waals surface area contributed by atoms with Crippen LogP contribution in [-0.2, 0) is 0 Å². The molecule has 1 aliphatic carbocycles. The van der Waals surface area contributed by atoms with Gasteiger partial charge in [-0.05, 0) is 75.4 Å². The minimum absolute atomic E-state index is 0.195. The highest BCUT2D eigenvalue weighted by molar-refractivity contribution is 7.14. The summed E-state index contributed by atoms with van der Waals surface area (Å²) in [7, 11) is 0. The topological polar surface area (TPSA) is 50.7 Å². The van der Waals surface area contributed by atoms with E-state index < -0.39 is 0 Å². The van der Waals surface area contributed by atoms with Crippen molar-refractivity contribution in [2.45, 2.75) is 58.5 Å². The van der Waals surface area contributed by atoms with Crippen LogP contribution in [0.5, 0.6) is 5.75 Å². The monoisotopic (exact) mass is 370 g/mol. The van der Waals surface area contributed by atoms with Crippen molar-refractivity contribution < 1.29 is 9.53 Å². The average molecular weight is 371 g/mol. The quantitative estimate of drug-likeness (QED) is 0.530. The van der Waals surface area contributed by atoms with E-state index in [1.165, 1.54) is 17.7 Å². The highest BCUT2D eigenvalue weighted by atomic mass is 32.1. The van der Waals surface area contributed by atoms with Crippen LogP contribution in [0.2, 0.25) is 0 Å². The Hall–Kier alpha value is -2.14. The van der Waals surface area contributed by atoms with E-state index in [0.717, 1.165) is 42.0 Å². The third kappa shape index (κ3) is 4.94. The van der Waals surface area contributed by atoms with Gasteiger partial charge in [-0.15, -0.1) is 11.3 Å². The molecule has 1 heterocycles. The predicted octanol–water partition coefficient (Wildman–Crippen LogP) is 5.31. The van der Waals surface area contributed by atoms with Gasteiger partial charge in [0.15, 0.2) is 0 Å². The largest absolute Gasteiger partial charge is 0.490 e. The maximum absolute atomic E-state index is 12.4. The number of hydrogen-bond donors (Lipinski definition) is 1. The van der Waals surface area contributed by atoms with Crippen LogP contribution in [0.15, 0.2) is 41.5 Å². The summed E-state index contributed by atoms with van der Waals surface area (Å²) in [6.07, 6.45) is 6.89. The van der Waals surface area contributed by atoms with Crippen LogP contribution < -0.4 is 10.2 Å². The SMILES string of the molecule is CCCC(=NNC(=O)c1ccc(OC2CCCC2)cc1)c1ccc(C)s1. The summed E-state index contributed by atoms with van der Waals surface area (Å²) in [4.78, 5) is 14.7. The first-order valence-electron chi connectivity index (χ1n) is 9.36. The Morgan fingerprint density at radius 3 is 2.54 bits per heavy atom. The zero-order valence-electron chi connectivity index (χ0n) is 15.5. The summed E-state index contributed by atoms with van der Waals surface area (Å²) in [5.41, 5.74) is 4.22. The fraction of sp³-hybridized carbons (Fsp3) is 0.429. The molecule has 0 spiro atoms. The highest BCUT2D eigenvalue weighted by Crippen LogP contribution is 2.24. The van der Waals surface area contributed by atoms with Crippen molar-refractivity contribution in [3.05, 3.63) is 51.7 Å². The molecule has 2 aromatic rings. The number of ether oxygens (including phenoxy) is 1. The number of carbonyl (C=O) groups excluding carboxylic acids is 1. The maximum Gasteiger partial charge on any atom is 0.271 e. The number of aryl methyl sites for hydroxylation is 1. The molecule has 0 unspecified atom stereocenters. The summed E-state index contributed by atoms with van der Waals surface area (Å²) in [5.74, 6) is 0.636. The van der Waals surface area contributed by atoms with Crippen molar-refractivity contribution in [1.82, 2.24) is 5.43 Å². The Bertz CT molecular complexity index is 759. The van der Waals surface area contributed by atoms with Gasteiger partial charge in [0.2, 0.25) is 0 Å². The molecule has 0 aliphatic heterocycles. The van der Waals surface area contributed by atoms with Gasteiger partial charge in [-0.3, -0.25) is 4.79 Å². The zero-order valence-corrected chi connectivity index (χ0v) is 16.3. The van der Waals surface area contributed by atoms with Gasteiger partial charge in [0.05, 0.1) is 16.7 Å². The lowest BCUT2D eigenvalue weighted by molar-refractivity contribution is 0.0954. The second kappa shape index (κ2) is 8.99. The van der Waals surface area contributed by atoms with Crippen molar-refractivity contribution in [1.29, 1.82) is 0 Å². The van der Waals surface area contributed by atoms with Crippen molar-refractivity contribution in [2.75, 3.05) is 0 Å². The minimum Gasteiger partial charge on any atom is -0.490 e. The number of hydrogen-bond acceptors (Lipinski definition) is 4. The molecule has 1 saturated carbocycles. The molecule has 1 aromatic carbocycles. The van der Waals surface area contributed by atoms with Crippen molar-refractivity contribution in [3.8, 4) is 5.75 Å². The molecule has 0 saturated heterocycles. The van der Waals surface area contributed by atoms with E-state index in [1.54, 1.807) is 23.5 Å². The van der Waals surface area contributed by atoms with Crippen molar-refractivity contribution in [2.24, 2.45) is 5.10 Å². The van der Waals surface area contributed by atoms with Gasteiger partial charge in [0.1, 0.15) is 5.75 Å². The van der Waals surface area contributed by atoms with Crippen LogP contribution in [0.1, 0.15) is 65.6 Å². The summed E-state index contributed by atoms with van der Waals surface area (Å²) in [6.45, 7) is 4.19. The summed E-state index contributed by atoms with van der Waals surface area (Å²) in [5, 5.41) is 4.38. The molecule has 5 heteroatoms. The van der Waals surface area contributed by atoms with Gasteiger partial charge in [-0.1, -0.05) is 13.3 Å². The van der Waals surface area contributed by atoms with Gasteiger partial charge < -0.3 is 4.74 Å². The van der Waals surface area contributed by atoms with Crippen LogP contribution in [0, 0.1) is 6.92 Å². The molecular weight excluding hydrogens is 344 g/mol. The van der Waals surface area contributed by atoms with Gasteiger partial charge in [-0.25, -0.2) is 5.43 Å². The molecule has 1 aliphatic rings. The molecule has 3 rings (SSSR count). The van der Waals surface area contributed by atoms with E-state index in [4.69, 9.17) is 4.74 Å². The van der Waals surface area contributed by atoms with E-state index >= 15 is 0 Å². The van der Waals surface area contributed by atoms with Gasteiger partial charge in [0.25, 0.3) is 5.91 Å². The molecule has 26 heavy (non-hydrogen) atoms. The second-order valence-corrected chi connectivity index (χ2v) is 8.00. The van der Waals surface area contributed by atoms with Crippen molar-refractivity contribution >= 4 is 23.0 Å². The molecule has 0 atom stereocenters.